The topological polar surface area (TPSA) is 49.3 Å². The number of amides is 1. The predicted molar refractivity (Wildman–Crippen MR) is 84.0 cm³/mol. The smallest absolute Gasteiger partial charge is 0.243 e. The lowest BCUT2D eigenvalue weighted by Crippen LogP contribution is -2.17. The molecule has 0 atom stereocenters. The second-order valence-corrected chi connectivity index (χ2v) is 5.16. The maximum Gasteiger partial charge on any atom is 0.243 e. The summed E-state index contributed by atoms with van der Waals surface area (Å²) in [5, 5.41) is 8.39. The van der Waals surface area contributed by atoms with Gasteiger partial charge in [0, 0.05) is 6.42 Å². The number of hydroxylamine groups is 1. The van der Waals surface area contributed by atoms with Crippen molar-refractivity contribution in [3.05, 3.63) is 60.2 Å². The number of rotatable bonds is 7. The molecule has 0 spiro atoms. The van der Waals surface area contributed by atoms with E-state index >= 15 is 0 Å². The second kappa shape index (κ2) is 8.22. The molecule has 0 saturated carbocycles. The van der Waals surface area contributed by atoms with Gasteiger partial charge in [0.05, 0.1) is 0 Å². The number of hydrogen-bond donors (Lipinski definition) is 2. The largest absolute Gasteiger partial charge is 0.289 e. The fourth-order valence-corrected chi connectivity index (χ4v) is 2.34. The van der Waals surface area contributed by atoms with E-state index in [1.54, 1.807) is 5.48 Å². The van der Waals surface area contributed by atoms with Gasteiger partial charge in [-0.1, -0.05) is 61.0 Å². The van der Waals surface area contributed by atoms with E-state index in [0.29, 0.717) is 6.42 Å². The Kier molecular flexibility index (Phi) is 5.98. The molecule has 0 heterocycles. The van der Waals surface area contributed by atoms with Crippen LogP contribution in [0.25, 0.3) is 11.1 Å². The number of unbranched alkanes of at least 4 members (excludes halogenated alkanes) is 2. The predicted octanol–water partition coefficient (Wildman–Crippen LogP) is 3.96. The number of carbonyl (C=O) groups excluding carboxylic acids is 1. The zero-order chi connectivity index (χ0) is 14.9. The van der Waals surface area contributed by atoms with Crippen LogP contribution in [0.15, 0.2) is 54.6 Å². The van der Waals surface area contributed by atoms with E-state index in [1.807, 2.05) is 18.2 Å². The number of nitrogens with one attached hydrogen (secondary N) is 1. The van der Waals surface area contributed by atoms with E-state index < -0.39 is 0 Å². The summed E-state index contributed by atoms with van der Waals surface area (Å²) in [6, 6.07) is 19.0. The molecule has 0 radical (unpaired) electrons. The molecule has 0 aliphatic heterocycles. The molecular weight excluding hydrogens is 262 g/mol. The van der Waals surface area contributed by atoms with Crippen molar-refractivity contribution in [2.75, 3.05) is 0 Å². The van der Waals surface area contributed by atoms with Gasteiger partial charge in [-0.15, -0.1) is 0 Å². The minimum absolute atomic E-state index is 0.304. The molecular formula is C18H21NO2. The first-order valence-corrected chi connectivity index (χ1v) is 7.37. The summed E-state index contributed by atoms with van der Waals surface area (Å²) in [4.78, 5) is 10.9. The monoisotopic (exact) mass is 283 g/mol. The summed E-state index contributed by atoms with van der Waals surface area (Å²) < 4.78 is 0. The maximum atomic E-state index is 10.9. The highest BCUT2D eigenvalue weighted by Gasteiger charge is 2.00. The Morgan fingerprint density at radius 3 is 2.19 bits per heavy atom. The van der Waals surface area contributed by atoms with Crippen molar-refractivity contribution >= 4 is 5.91 Å². The van der Waals surface area contributed by atoms with Gasteiger partial charge in [-0.3, -0.25) is 10.0 Å². The van der Waals surface area contributed by atoms with Gasteiger partial charge in [0.2, 0.25) is 5.91 Å². The Morgan fingerprint density at radius 1 is 0.857 bits per heavy atom. The molecule has 21 heavy (non-hydrogen) atoms. The molecule has 2 N–H and O–H groups in total. The van der Waals surface area contributed by atoms with Gasteiger partial charge in [-0.2, -0.15) is 0 Å². The number of benzene rings is 2. The molecule has 2 aromatic carbocycles. The van der Waals surface area contributed by atoms with E-state index in [4.69, 9.17) is 5.21 Å². The lowest BCUT2D eigenvalue weighted by Gasteiger charge is -2.05. The number of aryl methyl sites for hydroxylation is 1. The summed E-state index contributed by atoms with van der Waals surface area (Å²) in [6.45, 7) is 0. The second-order valence-electron chi connectivity index (χ2n) is 5.16. The van der Waals surface area contributed by atoms with E-state index in [1.165, 1.54) is 16.7 Å². The fraction of sp³-hybridized carbons (Fsp3) is 0.278. The van der Waals surface area contributed by atoms with Gasteiger partial charge in [-0.05, 0) is 36.0 Å². The van der Waals surface area contributed by atoms with Crippen LogP contribution in [0.3, 0.4) is 0 Å². The quantitative estimate of drug-likeness (QED) is 0.459. The van der Waals surface area contributed by atoms with Crippen molar-refractivity contribution in [3.8, 4) is 11.1 Å². The number of hydrogen-bond acceptors (Lipinski definition) is 2. The first-order chi connectivity index (χ1) is 10.3. The first-order valence-electron chi connectivity index (χ1n) is 7.37. The van der Waals surface area contributed by atoms with Crippen LogP contribution < -0.4 is 5.48 Å². The zero-order valence-electron chi connectivity index (χ0n) is 12.1. The molecule has 0 saturated heterocycles. The van der Waals surface area contributed by atoms with Gasteiger partial charge in [0.25, 0.3) is 0 Å². The Hall–Kier alpha value is -2.13. The van der Waals surface area contributed by atoms with E-state index in [-0.39, 0.29) is 5.91 Å². The molecule has 1 amide bonds. The lowest BCUT2D eigenvalue weighted by molar-refractivity contribution is -0.129. The summed E-state index contributed by atoms with van der Waals surface area (Å²) in [5.74, 6) is -0.304. The van der Waals surface area contributed by atoms with Crippen LogP contribution in [-0.4, -0.2) is 11.1 Å². The maximum absolute atomic E-state index is 10.9. The molecule has 2 rings (SSSR count). The summed E-state index contributed by atoms with van der Waals surface area (Å²) in [5.41, 5.74) is 5.45. The molecule has 0 fully saturated rings. The van der Waals surface area contributed by atoms with Gasteiger partial charge in [0.1, 0.15) is 0 Å². The highest BCUT2D eigenvalue weighted by Crippen LogP contribution is 2.20. The van der Waals surface area contributed by atoms with Gasteiger partial charge in [0.15, 0.2) is 0 Å². The lowest BCUT2D eigenvalue weighted by atomic mass is 10.0. The van der Waals surface area contributed by atoms with E-state index in [2.05, 4.69) is 36.4 Å². The van der Waals surface area contributed by atoms with E-state index in [0.717, 1.165) is 25.7 Å². The van der Waals surface area contributed by atoms with E-state index in [9.17, 15) is 4.79 Å². The fourth-order valence-electron chi connectivity index (χ4n) is 2.34. The van der Waals surface area contributed by atoms with Crippen LogP contribution in [-0.2, 0) is 11.2 Å². The van der Waals surface area contributed by atoms with Crippen LogP contribution in [0.4, 0.5) is 0 Å². The normalized spacial score (nSPS) is 10.3. The van der Waals surface area contributed by atoms with Crippen molar-refractivity contribution in [2.45, 2.75) is 32.1 Å². The van der Waals surface area contributed by atoms with Crippen molar-refractivity contribution in [3.63, 3.8) is 0 Å². The SMILES string of the molecule is O=C(CCCCCc1ccc(-c2ccccc2)cc1)NO. The highest BCUT2D eigenvalue weighted by molar-refractivity contribution is 5.74. The minimum Gasteiger partial charge on any atom is -0.289 e. The Bertz CT molecular complexity index is 549. The third-order valence-corrected chi connectivity index (χ3v) is 3.56. The van der Waals surface area contributed by atoms with Gasteiger partial charge in [-0.25, -0.2) is 5.48 Å². The number of carbonyl (C=O) groups is 1. The molecule has 3 nitrogen and oxygen atoms in total. The average Bonchev–Trinajstić information content (AvgIpc) is 2.55. The van der Waals surface area contributed by atoms with Gasteiger partial charge >= 0.3 is 0 Å². The Morgan fingerprint density at radius 2 is 1.52 bits per heavy atom. The molecule has 2 aromatic rings. The summed E-state index contributed by atoms with van der Waals surface area (Å²) >= 11 is 0. The third-order valence-electron chi connectivity index (χ3n) is 3.56. The molecule has 0 aliphatic carbocycles. The summed E-state index contributed by atoms with van der Waals surface area (Å²) in [6.07, 6.45) is 4.28. The van der Waals surface area contributed by atoms with Crippen LogP contribution in [0.5, 0.6) is 0 Å². The molecule has 110 valence electrons. The first kappa shape index (κ1) is 15.3. The van der Waals surface area contributed by atoms with Crippen LogP contribution in [0, 0.1) is 0 Å². The van der Waals surface area contributed by atoms with Crippen molar-refractivity contribution < 1.29 is 10.0 Å². The Labute approximate surface area is 125 Å². The third kappa shape index (κ3) is 5.04. The average molecular weight is 283 g/mol. The van der Waals surface area contributed by atoms with Crippen molar-refractivity contribution in [1.82, 2.24) is 5.48 Å². The molecule has 0 aliphatic rings. The van der Waals surface area contributed by atoms with Gasteiger partial charge < -0.3 is 0 Å². The van der Waals surface area contributed by atoms with Crippen LogP contribution in [0.1, 0.15) is 31.2 Å². The summed E-state index contributed by atoms with van der Waals surface area (Å²) in [7, 11) is 0. The molecule has 0 unspecified atom stereocenters. The molecule has 0 bridgehead atoms. The molecule has 3 heteroatoms. The zero-order valence-corrected chi connectivity index (χ0v) is 12.1. The minimum atomic E-state index is -0.304. The standard InChI is InChI=1S/C18H21NO2/c20-18(19-21)10-6-1-3-7-15-11-13-17(14-12-15)16-8-4-2-5-9-16/h2,4-5,8-9,11-14,21H,1,3,6-7,10H2,(H,19,20). The van der Waals surface area contributed by atoms with Crippen LogP contribution in [0.2, 0.25) is 0 Å². The Balaban J connectivity index is 1.77. The van der Waals surface area contributed by atoms with Crippen molar-refractivity contribution in [2.24, 2.45) is 0 Å². The molecule has 0 aromatic heterocycles. The van der Waals surface area contributed by atoms with Crippen LogP contribution >= 0.6 is 0 Å². The van der Waals surface area contributed by atoms with Crippen molar-refractivity contribution in [1.29, 1.82) is 0 Å². The highest BCUT2D eigenvalue weighted by atomic mass is 16.5.